The van der Waals surface area contributed by atoms with E-state index in [1.165, 1.54) is 0 Å². The molecule has 0 saturated carbocycles. The average molecular weight is 419 g/mol. The number of nitrogens with zero attached hydrogens (tertiary/aromatic N) is 3. The lowest BCUT2D eigenvalue weighted by molar-refractivity contribution is 0.0514. The Balaban J connectivity index is 1.58. The van der Waals surface area contributed by atoms with E-state index in [4.69, 9.17) is 9.47 Å². The second-order valence-electron chi connectivity index (χ2n) is 7.45. The van der Waals surface area contributed by atoms with E-state index in [0.29, 0.717) is 18.5 Å². The number of carbonyl (C=O) groups excluding carboxylic acids is 2. The fraction of sp³-hybridized carbons (Fsp3) is 0.292. The molecule has 0 fully saturated rings. The molecule has 0 N–H and O–H groups in total. The number of benzene rings is 2. The van der Waals surface area contributed by atoms with Gasteiger partial charge in [-0.15, -0.1) is 0 Å². The van der Waals surface area contributed by atoms with Gasteiger partial charge in [-0.1, -0.05) is 48.0 Å². The first-order chi connectivity index (χ1) is 15.1. The Kier molecular flexibility index (Phi) is 6.02. The summed E-state index contributed by atoms with van der Waals surface area (Å²) < 4.78 is 12.5. The van der Waals surface area contributed by atoms with Crippen molar-refractivity contribution in [2.24, 2.45) is 0 Å². The zero-order valence-corrected chi connectivity index (χ0v) is 17.7. The molecule has 0 saturated heterocycles. The number of hydrogen-bond acceptors (Lipinski definition) is 5. The molecular formula is C24H25N3O4. The van der Waals surface area contributed by atoms with Crippen LogP contribution >= 0.6 is 0 Å². The number of carbonyl (C=O) groups is 2. The first-order valence-electron chi connectivity index (χ1n) is 10.4. The molecule has 4 rings (SSSR count). The summed E-state index contributed by atoms with van der Waals surface area (Å²) in [6, 6.07) is 17.5. The molecule has 1 aliphatic heterocycles. The second kappa shape index (κ2) is 9.04. The number of aromatic nitrogens is 2. The van der Waals surface area contributed by atoms with Gasteiger partial charge < -0.3 is 14.4 Å². The smallest absolute Gasteiger partial charge is 0.410 e. The van der Waals surface area contributed by atoms with Crippen molar-refractivity contribution in [2.75, 3.05) is 13.2 Å². The maximum Gasteiger partial charge on any atom is 0.410 e. The van der Waals surface area contributed by atoms with Crippen LogP contribution < -0.4 is 0 Å². The van der Waals surface area contributed by atoms with Crippen molar-refractivity contribution in [3.8, 4) is 5.69 Å². The molecule has 160 valence electrons. The van der Waals surface area contributed by atoms with Gasteiger partial charge in [-0.2, -0.15) is 5.10 Å². The first-order valence-corrected chi connectivity index (χ1v) is 10.4. The highest BCUT2D eigenvalue weighted by Gasteiger charge is 2.31. The van der Waals surface area contributed by atoms with Crippen LogP contribution in [-0.4, -0.2) is 39.9 Å². The molecule has 1 aromatic heterocycles. The monoisotopic (exact) mass is 419 g/mol. The summed E-state index contributed by atoms with van der Waals surface area (Å²) in [5.41, 5.74) is 4.81. The fourth-order valence-electron chi connectivity index (χ4n) is 3.65. The maximum atomic E-state index is 12.7. The van der Waals surface area contributed by atoms with E-state index >= 15 is 0 Å². The van der Waals surface area contributed by atoms with Crippen LogP contribution in [-0.2, 0) is 29.0 Å². The van der Waals surface area contributed by atoms with E-state index in [9.17, 15) is 9.59 Å². The van der Waals surface area contributed by atoms with Gasteiger partial charge in [0.15, 0.2) is 5.69 Å². The normalized spacial score (nSPS) is 12.9. The summed E-state index contributed by atoms with van der Waals surface area (Å²) in [7, 11) is 0. The zero-order valence-electron chi connectivity index (χ0n) is 17.7. The third kappa shape index (κ3) is 4.45. The average Bonchev–Trinajstić information content (AvgIpc) is 3.18. The van der Waals surface area contributed by atoms with Crippen molar-refractivity contribution in [3.05, 3.63) is 82.7 Å². The third-order valence-electron chi connectivity index (χ3n) is 5.27. The van der Waals surface area contributed by atoms with Crippen molar-refractivity contribution in [1.82, 2.24) is 14.7 Å². The Morgan fingerprint density at radius 3 is 2.48 bits per heavy atom. The van der Waals surface area contributed by atoms with Crippen LogP contribution in [0.15, 0.2) is 54.6 Å². The van der Waals surface area contributed by atoms with Crippen molar-refractivity contribution < 1.29 is 19.1 Å². The van der Waals surface area contributed by atoms with Crippen molar-refractivity contribution in [2.45, 2.75) is 33.4 Å². The predicted molar refractivity (Wildman–Crippen MR) is 115 cm³/mol. The molecule has 0 spiro atoms. The van der Waals surface area contributed by atoms with E-state index in [-0.39, 0.29) is 25.5 Å². The van der Waals surface area contributed by atoms with Crippen LogP contribution in [0.25, 0.3) is 5.69 Å². The molecule has 7 heteroatoms. The predicted octanol–water partition coefficient (Wildman–Crippen LogP) is 4.05. The van der Waals surface area contributed by atoms with Gasteiger partial charge in [-0.25, -0.2) is 14.3 Å². The molecule has 0 bridgehead atoms. The molecule has 0 aliphatic carbocycles. The quantitative estimate of drug-likeness (QED) is 0.583. The van der Waals surface area contributed by atoms with Gasteiger partial charge >= 0.3 is 12.1 Å². The summed E-state index contributed by atoms with van der Waals surface area (Å²) in [5, 5.41) is 4.56. The molecule has 1 aliphatic rings. The second-order valence-corrected chi connectivity index (χ2v) is 7.45. The van der Waals surface area contributed by atoms with Gasteiger partial charge in [0.05, 0.1) is 24.5 Å². The topological polar surface area (TPSA) is 73.7 Å². The zero-order chi connectivity index (χ0) is 21.8. The standard InChI is InChI=1S/C24H25N3O4/c1-3-30-23(28)22-20-15-26(24(29)31-16-18-7-5-4-6-8-18)14-13-21(20)27(25-22)19-11-9-17(2)10-12-19/h4-12H,3,13-16H2,1-2H3. The molecule has 2 aromatic carbocycles. The van der Waals surface area contributed by atoms with Gasteiger partial charge in [0.1, 0.15) is 6.61 Å². The summed E-state index contributed by atoms with van der Waals surface area (Å²) in [6.45, 7) is 4.98. The van der Waals surface area contributed by atoms with Gasteiger partial charge in [0.25, 0.3) is 0 Å². The molecule has 0 radical (unpaired) electrons. The fourth-order valence-corrected chi connectivity index (χ4v) is 3.65. The molecule has 0 atom stereocenters. The highest BCUT2D eigenvalue weighted by molar-refractivity contribution is 5.89. The van der Waals surface area contributed by atoms with Crippen molar-refractivity contribution in [1.29, 1.82) is 0 Å². The van der Waals surface area contributed by atoms with E-state index in [1.807, 2.05) is 61.5 Å². The summed E-state index contributed by atoms with van der Waals surface area (Å²) in [5.74, 6) is -0.482. The third-order valence-corrected chi connectivity index (χ3v) is 5.27. The Hall–Kier alpha value is -3.61. The van der Waals surface area contributed by atoms with Gasteiger partial charge in [-0.3, -0.25) is 0 Å². The number of rotatable bonds is 5. The highest BCUT2D eigenvalue weighted by atomic mass is 16.6. The number of fused-ring (bicyclic) bond motifs is 1. The van der Waals surface area contributed by atoms with E-state index in [2.05, 4.69) is 5.10 Å². The van der Waals surface area contributed by atoms with E-state index < -0.39 is 12.1 Å². The Morgan fingerprint density at radius 1 is 1.03 bits per heavy atom. The molecule has 0 unspecified atom stereocenters. The number of amides is 1. The minimum Gasteiger partial charge on any atom is -0.461 e. The van der Waals surface area contributed by atoms with Crippen LogP contribution in [0.1, 0.15) is 39.8 Å². The largest absolute Gasteiger partial charge is 0.461 e. The number of aryl methyl sites for hydroxylation is 1. The lowest BCUT2D eigenvalue weighted by Gasteiger charge is -2.27. The Labute approximate surface area is 181 Å². The number of hydrogen-bond donors (Lipinski definition) is 0. The number of ether oxygens (including phenoxy) is 2. The Bertz CT molecular complexity index is 1070. The Morgan fingerprint density at radius 2 is 1.77 bits per heavy atom. The van der Waals surface area contributed by atoms with Crippen molar-refractivity contribution >= 4 is 12.1 Å². The minimum atomic E-state index is -0.482. The molecule has 31 heavy (non-hydrogen) atoms. The summed E-state index contributed by atoms with van der Waals surface area (Å²) in [6.07, 6.45) is 0.156. The minimum absolute atomic E-state index is 0.205. The van der Waals surface area contributed by atoms with E-state index in [1.54, 1.807) is 16.5 Å². The molecule has 3 aromatic rings. The van der Waals surface area contributed by atoms with Crippen LogP contribution in [0, 0.1) is 6.92 Å². The van der Waals surface area contributed by atoms with Crippen molar-refractivity contribution in [3.63, 3.8) is 0 Å². The van der Waals surface area contributed by atoms with Gasteiger partial charge in [0.2, 0.25) is 0 Å². The lowest BCUT2D eigenvalue weighted by Crippen LogP contribution is -2.37. The van der Waals surface area contributed by atoms with Crippen LogP contribution in [0.4, 0.5) is 4.79 Å². The van der Waals surface area contributed by atoms with Gasteiger partial charge in [-0.05, 0) is 31.5 Å². The van der Waals surface area contributed by atoms with Crippen LogP contribution in [0.5, 0.6) is 0 Å². The SMILES string of the molecule is CCOC(=O)c1nn(-c2ccc(C)cc2)c2c1CN(C(=O)OCc1ccccc1)CC2. The summed E-state index contributed by atoms with van der Waals surface area (Å²) in [4.78, 5) is 26.8. The lowest BCUT2D eigenvalue weighted by atomic mass is 10.1. The maximum absolute atomic E-state index is 12.7. The number of esters is 1. The van der Waals surface area contributed by atoms with Gasteiger partial charge in [0, 0.05) is 18.5 Å². The van der Waals surface area contributed by atoms with Crippen LogP contribution in [0.2, 0.25) is 0 Å². The van der Waals surface area contributed by atoms with Crippen LogP contribution in [0.3, 0.4) is 0 Å². The molecular weight excluding hydrogens is 394 g/mol. The molecule has 1 amide bonds. The van der Waals surface area contributed by atoms with E-state index in [0.717, 1.165) is 22.5 Å². The highest BCUT2D eigenvalue weighted by Crippen LogP contribution is 2.27. The summed E-state index contributed by atoms with van der Waals surface area (Å²) >= 11 is 0. The first kappa shape index (κ1) is 20.7. The molecule has 7 nitrogen and oxygen atoms in total. The molecule has 2 heterocycles.